The Bertz CT molecular complexity index is 926. The molecule has 0 aliphatic rings. The molecule has 8 heteroatoms. The fraction of sp³-hybridized carbons (Fsp3) is 0. The first-order chi connectivity index (χ1) is 10.4. The standard InChI is InChI=1S/C14H5Cl3FNO2S/c15-5-1-6-7(14(20)21)3-10(19-12(6)9(18)2-5)8-4-11(16)22-13(8)17/h1-4H,(H,20,21). The summed E-state index contributed by atoms with van der Waals surface area (Å²) < 4.78 is 14.9. The van der Waals surface area contributed by atoms with Gasteiger partial charge >= 0.3 is 5.97 Å². The minimum Gasteiger partial charge on any atom is -0.478 e. The first-order valence-corrected chi connectivity index (χ1v) is 7.80. The number of nitrogens with zero attached hydrogens (tertiary/aromatic N) is 1. The van der Waals surface area contributed by atoms with E-state index >= 15 is 0 Å². The zero-order valence-corrected chi connectivity index (χ0v) is 13.6. The molecule has 1 N–H and O–H groups in total. The Morgan fingerprint density at radius 3 is 2.50 bits per heavy atom. The Labute approximate surface area is 142 Å². The molecule has 0 saturated heterocycles. The van der Waals surface area contributed by atoms with Crippen LogP contribution in [0, 0.1) is 5.82 Å². The summed E-state index contributed by atoms with van der Waals surface area (Å²) in [4.78, 5) is 15.6. The maximum atomic E-state index is 14.1. The van der Waals surface area contributed by atoms with Crippen LogP contribution in [0.15, 0.2) is 24.3 Å². The van der Waals surface area contributed by atoms with E-state index in [0.717, 1.165) is 17.4 Å². The van der Waals surface area contributed by atoms with E-state index in [-0.39, 0.29) is 27.2 Å². The Kier molecular flexibility index (Phi) is 3.99. The summed E-state index contributed by atoms with van der Waals surface area (Å²) in [6.45, 7) is 0. The van der Waals surface area contributed by atoms with Gasteiger partial charge in [0, 0.05) is 16.0 Å². The van der Waals surface area contributed by atoms with Gasteiger partial charge in [0.15, 0.2) is 5.82 Å². The summed E-state index contributed by atoms with van der Waals surface area (Å²) in [6.07, 6.45) is 0. The summed E-state index contributed by atoms with van der Waals surface area (Å²) in [5, 5.41) is 9.58. The second-order valence-corrected chi connectivity index (χ2v) is 7.10. The molecule has 0 spiro atoms. The van der Waals surface area contributed by atoms with Gasteiger partial charge in [0.05, 0.1) is 15.6 Å². The maximum absolute atomic E-state index is 14.1. The number of aromatic nitrogens is 1. The van der Waals surface area contributed by atoms with Crippen LogP contribution in [-0.4, -0.2) is 16.1 Å². The zero-order valence-electron chi connectivity index (χ0n) is 10.5. The van der Waals surface area contributed by atoms with Crippen LogP contribution in [0.3, 0.4) is 0 Å². The molecule has 2 aromatic heterocycles. The van der Waals surface area contributed by atoms with Crippen LogP contribution < -0.4 is 0 Å². The van der Waals surface area contributed by atoms with Gasteiger partial charge in [0.25, 0.3) is 0 Å². The van der Waals surface area contributed by atoms with Crippen LogP contribution in [0.5, 0.6) is 0 Å². The van der Waals surface area contributed by atoms with Gasteiger partial charge in [-0.05, 0) is 24.3 Å². The molecule has 112 valence electrons. The molecule has 0 bridgehead atoms. The van der Waals surface area contributed by atoms with Crippen molar-refractivity contribution in [3.05, 3.63) is 49.3 Å². The first kappa shape index (κ1) is 15.5. The Hall–Kier alpha value is -1.40. The van der Waals surface area contributed by atoms with Gasteiger partial charge in [0.1, 0.15) is 9.85 Å². The highest BCUT2D eigenvalue weighted by molar-refractivity contribution is 7.20. The number of aromatic carboxylic acids is 1. The second-order valence-electron chi connectivity index (χ2n) is 4.38. The summed E-state index contributed by atoms with van der Waals surface area (Å²) in [6, 6.07) is 5.32. The lowest BCUT2D eigenvalue weighted by Gasteiger charge is -2.08. The summed E-state index contributed by atoms with van der Waals surface area (Å²) in [5.41, 5.74) is 0.493. The number of thiophene rings is 1. The van der Waals surface area contributed by atoms with Gasteiger partial charge in [-0.1, -0.05) is 34.8 Å². The van der Waals surface area contributed by atoms with Crippen molar-refractivity contribution >= 4 is 63.0 Å². The number of carboxylic acids is 1. The van der Waals surface area contributed by atoms with E-state index in [2.05, 4.69) is 4.98 Å². The summed E-state index contributed by atoms with van der Waals surface area (Å²) in [5.74, 6) is -1.92. The molecular formula is C14H5Cl3FNO2S. The molecule has 0 radical (unpaired) electrons. The summed E-state index contributed by atoms with van der Waals surface area (Å²) in [7, 11) is 0. The van der Waals surface area contributed by atoms with E-state index in [9.17, 15) is 14.3 Å². The van der Waals surface area contributed by atoms with Crippen molar-refractivity contribution in [2.24, 2.45) is 0 Å². The third-order valence-corrected chi connectivity index (χ3v) is 4.70. The predicted molar refractivity (Wildman–Crippen MR) is 87.0 cm³/mol. The van der Waals surface area contributed by atoms with Crippen molar-refractivity contribution in [2.75, 3.05) is 0 Å². The van der Waals surface area contributed by atoms with Crippen molar-refractivity contribution in [1.29, 1.82) is 0 Å². The predicted octanol–water partition coefficient (Wildman–Crippen LogP) is 5.76. The molecule has 0 fully saturated rings. The maximum Gasteiger partial charge on any atom is 0.336 e. The van der Waals surface area contributed by atoms with Gasteiger partial charge < -0.3 is 5.11 Å². The number of carbonyl (C=O) groups is 1. The molecule has 2 heterocycles. The minimum atomic E-state index is -1.22. The molecule has 0 aliphatic carbocycles. The summed E-state index contributed by atoms with van der Waals surface area (Å²) >= 11 is 18.9. The molecule has 3 rings (SSSR count). The van der Waals surface area contributed by atoms with Crippen molar-refractivity contribution in [1.82, 2.24) is 4.98 Å². The van der Waals surface area contributed by atoms with E-state index in [1.165, 1.54) is 12.1 Å². The number of benzene rings is 1. The normalized spacial score (nSPS) is 11.1. The lowest BCUT2D eigenvalue weighted by molar-refractivity contribution is 0.0699. The number of pyridine rings is 1. The number of hydrogen-bond acceptors (Lipinski definition) is 3. The number of halogens is 4. The Balaban J connectivity index is 2.39. The SMILES string of the molecule is O=C(O)c1cc(-c2cc(Cl)sc2Cl)nc2c(F)cc(Cl)cc12. The highest BCUT2D eigenvalue weighted by Crippen LogP contribution is 2.39. The van der Waals surface area contributed by atoms with E-state index in [0.29, 0.717) is 14.2 Å². The molecular weight excluding hydrogens is 372 g/mol. The Morgan fingerprint density at radius 1 is 1.18 bits per heavy atom. The highest BCUT2D eigenvalue weighted by Gasteiger charge is 2.18. The number of hydrogen-bond donors (Lipinski definition) is 1. The number of carboxylic acid groups (broad SMARTS) is 1. The van der Waals surface area contributed by atoms with E-state index in [4.69, 9.17) is 34.8 Å². The highest BCUT2D eigenvalue weighted by atomic mass is 35.5. The molecule has 0 saturated carbocycles. The third kappa shape index (κ3) is 2.65. The largest absolute Gasteiger partial charge is 0.478 e. The fourth-order valence-corrected chi connectivity index (χ4v) is 3.77. The van der Waals surface area contributed by atoms with Gasteiger partial charge in [-0.15, -0.1) is 11.3 Å². The molecule has 22 heavy (non-hydrogen) atoms. The number of rotatable bonds is 2. The zero-order chi connectivity index (χ0) is 16.0. The quantitative estimate of drug-likeness (QED) is 0.618. The molecule has 0 unspecified atom stereocenters. The molecule has 3 nitrogen and oxygen atoms in total. The van der Waals surface area contributed by atoms with Crippen LogP contribution in [0.25, 0.3) is 22.2 Å². The lowest BCUT2D eigenvalue weighted by Crippen LogP contribution is -2.01. The van der Waals surface area contributed by atoms with Gasteiger partial charge in [0.2, 0.25) is 0 Å². The average molecular weight is 377 g/mol. The monoisotopic (exact) mass is 375 g/mol. The van der Waals surface area contributed by atoms with Gasteiger partial charge in [-0.3, -0.25) is 0 Å². The van der Waals surface area contributed by atoms with Crippen LogP contribution in [0.4, 0.5) is 4.39 Å². The molecule has 0 amide bonds. The van der Waals surface area contributed by atoms with E-state index < -0.39 is 11.8 Å². The molecule has 0 aliphatic heterocycles. The van der Waals surface area contributed by atoms with Crippen LogP contribution in [0.2, 0.25) is 13.7 Å². The van der Waals surface area contributed by atoms with Gasteiger partial charge in [-0.2, -0.15) is 0 Å². The van der Waals surface area contributed by atoms with Crippen LogP contribution in [-0.2, 0) is 0 Å². The minimum absolute atomic E-state index is 0.0855. The van der Waals surface area contributed by atoms with E-state index in [1.807, 2.05) is 0 Å². The third-order valence-electron chi connectivity index (χ3n) is 2.99. The van der Waals surface area contributed by atoms with Crippen molar-refractivity contribution in [2.45, 2.75) is 0 Å². The smallest absolute Gasteiger partial charge is 0.336 e. The van der Waals surface area contributed by atoms with E-state index in [1.54, 1.807) is 6.07 Å². The van der Waals surface area contributed by atoms with Crippen molar-refractivity contribution in [3.8, 4) is 11.3 Å². The molecule has 0 atom stereocenters. The number of fused-ring (bicyclic) bond motifs is 1. The van der Waals surface area contributed by atoms with Gasteiger partial charge in [-0.25, -0.2) is 14.2 Å². The average Bonchev–Trinajstić information content (AvgIpc) is 2.76. The van der Waals surface area contributed by atoms with Crippen molar-refractivity contribution < 1.29 is 14.3 Å². The Morgan fingerprint density at radius 2 is 1.91 bits per heavy atom. The first-order valence-electron chi connectivity index (χ1n) is 5.85. The second kappa shape index (κ2) is 5.66. The van der Waals surface area contributed by atoms with Crippen LogP contribution >= 0.6 is 46.1 Å². The molecule has 3 aromatic rings. The van der Waals surface area contributed by atoms with Crippen molar-refractivity contribution in [3.63, 3.8) is 0 Å². The fourth-order valence-electron chi connectivity index (χ4n) is 2.08. The molecule has 1 aromatic carbocycles. The topological polar surface area (TPSA) is 50.2 Å². The lowest BCUT2D eigenvalue weighted by atomic mass is 10.1. The van der Waals surface area contributed by atoms with Crippen LogP contribution in [0.1, 0.15) is 10.4 Å².